The van der Waals surface area contributed by atoms with Crippen LogP contribution >= 0.6 is 11.3 Å². The standard InChI is InChI=1S/C14H15N3S/c1-15-7-12-4-2-3-11-5-6-17(14(11)12)8-13-9-18-10-16-13/h2-6,9-10,15H,7-8H2,1H3. The Morgan fingerprint density at radius 3 is 3.06 bits per heavy atom. The summed E-state index contributed by atoms with van der Waals surface area (Å²) in [6.45, 7) is 1.73. The molecule has 0 amide bonds. The smallest absolute Gasteiger partial charge is 0.0795 e. The zero-order valence-electron chi connectivity index (χ0n) is 10.3. The molecule has 0 atom stereocenters. The number of nitrogens with one attached hydrogen (secondary N) is 1. The lowest BCUT2D eigenvalue weighted by Crippen LogP contribution is -2.08. The van der Waals surface area contributed by atoms with E-state index in [0.29, 0.717) is 0 Å². The number of aromatic nitrogens is 2. The van der Waals surface area contributed by atoms with Crippen LogP contribution in [0.2, 0.25) is 0 Å². The van der Waals surface area contributed by atoms with Crippen molar-refractivity contribution < 1.29 is 0 Å². The first kappa shape index (κ1) is 11.4. The molecule has 0 aliphatic carbocycles. The van der Waals surface area contributed by atoms with Crippen LogP contribution < -0.4 is 5.32 Å². The first-order chi connectivity index (χ1) is 8.88. The summed E-state index contributed by atoms with van der Waals surface area (Å²) in [7, 11) is 1.98. The Labute approximate surface area is 110 Å². The fourth-order valence-electron chi connectivity index (χ4n) is 2.30. The Kier molecular flexibility index (Phi) is 3.13. The van der Waals surface area contributed by atoms with E-state index in [0.717, 1.165) is 18.8 Å². The molecule has 0 bridgehead atoms. The Bertz CT molecular complexity index is 640. The van der Waals surface area contributed by atoms with Gasteiger partial charge in [-0.1, -0.05) is 18.2 Å². The molecule has 92 valence electrons. The van der Waals surface area contributed by atoms with Crippen molar-refractivity contribution in [2.45, 2.75) is 13.1 Å². The molecule has 3 aromatic rings. The molecular formula is C14H15N3S. The predicted octanol–water partition coefficient (Wildman–Crippen LogP) is 2.87. The molecule has 0 saturated carbocycles. The average molecular weight is 257 g/mol. The van der Waals surface area contributed by atoms with E-state index in [-0.39, 0.29) is 0 Å². The number of fused-ring (bicyclic) bond motifs is 1. The van der Waals surface area contributed by atoms with E-state index in [1.54, 1.807) is 11.3 Å². The van der Waals surface area contributed by atoms with Gasteiger partial charge in [-0.2, -0.15) is 0 Å². The van der Waals surface area contributed by atoms with Crippen LogP contribution in [0.1, 0.15) is 11.3 Å². The minimum absolute atomic E-state index is 0.841. The van der Waals surface area contributed by atoms with Gasteiger partial charge in [0.15, 0.2) is 0 Å². The van der Waals surface area contributed by atoms with Gasteiger partial charge in [0.1, 0.15) is 0 Å². The number of para-hydroxylation sites is 1. The van der Waals surface area contributed by atoms with Gasteiger partial charge in [0.2, 0.25) is 0 Å². The van der Waals surface area contributed by atoms with E-state index < -0.39 is 0 Å². The van der Waals surface area contributed by atoms with Crippen molar-refractivity contribution in [3.8, 4) is 0 Å². The predicted molar refractivity (Wildman–Crippen MR) is 75.9 cm³/mol. The van der Waals surface area contributed by atoms with Crippen molar-refractivity contribution in [2.24, 2.45) is 0 Å². The third-order valence-corrected chi connectivity index (χ3v) is 3.69. The Balaban J connectivity index is 2.06. The van der Waals surface area contributed by atoms with E-state index >= 15 is 0 Å². The fraction of sp³-hybridized carbons (Fsp3) is 0.214. The van der Waals surface area contributed by atoms with E-state index in [9.17, 15) is 0 Å². The highest BCUT2D eigenvalue weighted by Gasteiger charge is 2.07. The summed E-state index contributed by atoms with van der Waals surface area (Å²) < 4.78 is 2.27. The lowest BCUT2D eigenvalue weighted by atomic mass is 10.1. The normalized spacial score (nSPS) is 11.2. The minimum Gasteiger partial charge on any atom is -0.341 e. The van der Waals surface area contributed by atoms with Gasteiger partial charge >= 0.3 is 0 Å². The fourth-order valence-corrected chi connectivity index (χ4v) is 2.85. The van der Waals surface area contributed by atoms with Crippen molar-refractivity contribution in [2.75, 3.05) is 7.05 Å². The van der Waals surface area contributed by atoms with Crippen LogP contribution in [0.3, 0.4) is 0 Å². The number of benzene rings is 1. The molecule has 2 heterocycles. The van der Waals surface area contributed by atoms with E-state index in [1.807, 2.05) is 12.6 Å². The molecule has 0 fully saturated rings. The minimum atomic E-state index is 0.841. The van der Waals surface area contributed by atoms with Gasteiger partial charge in [0.05, 0.1) is 23.3 Å². The molecule has 3 nitrogen and oxygen atoms in total. The summed E-state index contributed by atoms with van der Waals surface area (Å²) in [5.74, 6) is 0. The van der Waals surface area contributed by atoms with Crippen molar-refractivity contribution >= 4 is 22.2 Å². The summed E-state index contributed by atoms with van der Waals surface area (Å²) in [4.78, 5) is 4.36. The summed E-state index contributed by atoms with van der Waals surface area (Å²) >= 11 is 1.64. The average Bonchev–Trinajstić information content (AvgIpc) is 3.01. The maximum atomic E-state index is 4.36. The molecule has 3 rings (SSSR count). The number of thiazole rings is 1. The molecule has 0 radical (unpaired) electrons. The highest BCUT2D eigenvalue weighted by molar-refractivity contribution is 7.07. The van der Waals surface area contributed by atoms with Crippen molar-refractivity contribution in [1.29, 1.82) is 0 Å². The first-order valence-electron chi connectivity index (χ1n) is 5.97. The molecule has 0 saturated heterocycles. The third-order valence-electron chi connectivity index (χ3n) is 3.06. The Morgan fingerprint density at radius 2 is 2.28 bits per heavy atom. The van der Waals surface area contributed by atoms with Gasteiger partial charge in [0.25, 0.3) is 0 Å². The van der Waals surface area contributed by atoms with Crippen LogP contribution in [0.25, 0.3) is 10.9 Å². The van der Waals surface area contributed by atoms with Crippen LogP contribution in [-0.4, -0.2) is 16.6 Å². The van der Waals surface area contributed by atoms with E-state index in [4.69, 9.17) is 0 Å². The molecule has 0 spiro atoms. The van der Waals surface area contributed by atoms with E-state index in [1.165, 1.54) is 16.5 Å². The van der Waals surface area contributed by atoms with Crippen LogP contribution in [0.4, 0.5) is 0 Å². The van der Waals surface area contributed by atoms with Crippen LogP contribution in [0, 0.1) is 0 Å². The quantitative estimate of drug-likeness (QED) is 0.779. The lowest BCUT2D eigenvalue weighted by molar-refractivity contribution is 0.787. The monoisotopic (exact) mass is 257 g/mol. The topological polar surface area (TPSA) is 29.9 Å². The van der Waals surface area contributed by atoms with Gasteiger partial charge in [-0.3, -0.25) is 0 Å². The second-order valence-electron chi connectivity index (χ2n) is 4.31. The van der Waals surface area contributed by atoms with Gasteiger partial charge < -0.3 is 9.88 Å². The van der Waals surface area contributed by atoms with Gasteiger partial charge in [-0.25, -0.2) is 4.98 Å². The molecule has 0 aliphatic rings. The maximum Gasteiger partial charge on any atom is 0.0795 e. The summed E-state index contributed by atoms with van der Waals surface area (Å²) in [5, 5.41) is 6.62. The maximum absolute atomic E-state index is 4.36. The van der Waals surface area contributed by atoms with Gasteiger partial charge in [-0.15, -0.1) is 11.3 Å². The van der Waals surface area contributed by atoms with Crippen LogP contribution in [0.5, 0.6) is 0 Å². The largest absolute Gasteiger partial charge is 0.341 e. The SMILES string of the molecule is CNCc1cccc2ccn(Cc3cscn3)c12. The van der Waals surface area contributed by atoms with Crippen molar-refractivity contribution in [3.63, 3.8) is 0 Å². The highest BCUT2D eigenvalue weighted by Crippen LogP contribution is 2.21. The molecule has 0 unspecified atom stereocenters. The number of hydrogen-bond acceptors (Lipinski definition) is 3. The molecular weight excluding hydrogens is 242 g/mol. The van der Waals surface area contributed by atoms with E-state index in [2.05, 4.69) is 50.7 Å². The Morgan fingerprint density at radius 1 is 1.33 bits per heavy atom. The second kappa shape index (κ2) is 4.92. The third kappa shape index (κ3) is 2.05. The second-order valence-corrected chi connectivity index (χ2v) is 5.03. The van der Waals surface area contributed by atoms with Gasteiger partial charge in [0, 0.05) is 18.1 Å². The molecule has 18 heavy (non-hydrogen) atoms. The first-order valence-corrected chi connectivity index (χ1v) is 6.91. The molecule has 4 heteroatoms. The van der Waals surface area contributed by atoms with Crippen molar-refractivity contribution in [3.05, 3.63) is 52.6 Å². The van der Waals surface area contributed by atoms with Crippen LogP contribution in [-0.2, 0) is 13.1 Å². The van der Waals surface area contributed by atoms with Crippen molar-refractivity contribution in [1.82, 2.24) is 14.9 Å². The molecule has 0 aliphatic heterocycles. The van der Waals surface area contributed by atoms with Crippen LogP contribution in [0.15, 0.2) is 41.4 Å². The molecule has 1 N–H and O–H groups in total. The summed E-state index contributed by atoms with van der Waals surface area (Å²) in [6.07, 6.45) is 2.14. The number of nitrogens with zero attached hydrogens (tertiary/aromatic N) is 2. The zero-order valence-corrected chi connectivity index (χ0v) is 11.1. The lowest BCUT2D eigenvalue weighted by Gasteiger charge is -2.08. The molecule has 1 aromatic carbocycles. The number of hydrogen-bond donors (Lipinski definition) is 1. The number of rotatable bonds is 4. The summed E-state index contributed by atoms with van der Waals surface area (Å²) in [6, 6.07) is 8.62. The molecule has 2 aromatic heterocycles. The zero-order chi connectivity index (χ0) is 12.4. The van der Waals surface area contributed by atoms with Gasteiger partial charge in [-0.05, 0) is 24.1 Å². The summed E-state index contributed by atoms with van der Waals surface area (Å²) in [5.41, 5.74) is 5.64. The highest BCUT2D eigenvalue weighted by atomic mass is 32.1. The Hall–Kier alpha value is -1.65.